The second-order valence-electron chi connectivity index (χ2n) is 4.81. The molecule has 2 rings (SSSR count). The predicted molar refractivity (Wildman–Crippen MR) is 91.2 cm³/mol. The highest BCUT2D eigenvalue weighted by Gasteiger charge is 2.20. The summed E-state index contributed by atoms with van der Waals surface area (Å²) in [7, 11) is 0. The van der Waals surface area contributed by atoms with E-state index in [0.717, 1.165) is 16.7 Å². The van der Waals surface area contributed by atoms with Crippen molar-refractivity contribution in [3.63, 3.8) is 0 Å². The lowest BCUT2D eigenvalue weighted by Crippen LogP contribution is -2.26. The normalized spacial score (nSPS) is 11.8. The first-order chi connectivity index (χ1) is 10.7. The zero-order valence-corrected chi connectivity index (χ0v) is 14.3. The van der Waals surface area contributed by atoms with Gasteiger partial charge in [0.25, 0.3) is 0 Å². The number of para-hydroxylation sites is 1. The molecule has 1 atom stereocenters. The zero-order chi connectivity index (χ0) is 15.9. The summed E-state index contributed by atoms with van der Waals surface area (Å²) in [4.78, 5) is 11.8. The third-order valence-electron chi connectivity index (χ3n) is 3.24. The van der Waals surface area contributed by atoms with Gasteiger partial charge in [0.15, 0.2) is 6.10 Å². The van der Waals surface area contributed by atoms with E-state index in [4.69, 9.17) is 9.47 Å². The van der Waals surface area contributed by atoms with Crippen LogP contribution < -0.4 is 4.74 Å². The smallest absolute Gasteiger partial charge is 0.347 e. The minimum Gasteiger partial charge on any atom is -0.478 e. The maximum absolute atomic E-state index is 11.8. The Bertz CT molecular complexity index is 625. The summed E-state index contributed by atoms with van der Waals surface area (Å²) in [6.45, 7) is 3.84. The van der Waals surface area contributed by atoms with Crippen molar-refractivity contribution in [3.05, 3.63) is 54.1 Å². The van der Waals surface area contributed by atoms with Gasteiger partial charge in [0, 0.05) is 16.5 Å². The molecule has 0 N–H and O–H groups in total. The lowest BCUT2D eigenvalue weighted by Gasteiger charge is -2.19. The maximum Gasteiger partial charge on any atom is 0.347 e. The minimum absolute atomic E-state index is 0.345. The van der Waals surface area contributed by atoms with Crippen LogP contribution in [0.25, 0.3) is 11.1 Å². The molecular formula is C18H19BrO3. The van der Waals surface area contributed by atoms with E-state index in [1.165, 1.54) is 0 Å². The van der Waals surface area contributed by atoms with E-state index in [9.17, 15) is 4.79 Å². The van der Waals surface area contributed by atoms with Crippen molar-refractivity contribution in [2.75, 3.05) is 6.61 Å². The van der Waals surface area contributed by atoms with Crippen molar-refractivity contribution in [1.29, 1.82) is 0 Å². The molecule has 2 aromatic rings. The van der Waals surface area contributed by atoms with Crippen molar-refractivity contribution in [2.45, 2.75) is 25.3 Å². The number of hydrogen-bond acceptors (Lipinski definition) is 3. The van der Waals surface area contributed by atoms with Gasteiger partial charge in [0.2, 0.25) is 0 Å². The number of benzene rings is 2. The molecule has 2 aromatic carbocycles. The highest BCUT2D eigenvalue weighted by atomic mass is 79.9. The number of ether oxygens (including phenoxy) is 2. The van der Waals surface area contributed by atoms with E-state index in [1.54, 1.807) is 13.8 Å². The number of carbonyl (C=O) groups is 1. The second-order valence-corrected chi connectivity index (χ2v) is 5.37. The van der Waals surface area contributed by atoms with E-state index in [-0.39, 0.29) is 5.97 Å². The summed E-state index contributed by atoms with van der Waals surface area (Å²) in [5.74, 6) is 0.358. The molecule has 0 radical (unpaired) electrons. The van der Waals surface area contributed by atoms with Crippen LogP contribution in [-0.2, 0) is 14.9 Å². The Morgan fingerprint density at radius 3 is 2.50 bits per heavy atom. The van der Waals surface area contributed by atoms with Crippen LogP contribution in [0, 0.1) is 0 Å². The van der Waals surface area contributed by atoms with Crippen LogP contribution in [0.5, 0.6) is 5.75 Å². The highest BCUT2D eigenvalue weighted by Crippen LogP contribution is 2.35. The summed E-state index contributed by atoms with van der Waals surface area (Å²) in [6.07, 6.45) is -0.650. The van der Waals surface area contributed by atoms with Gasteiger partial charge in [-0.2, -0.15) is 0 Å². The first kappa shape index (κ1) is 16.6. The quantitative estimate of drug-likeness (QED) is 0.557. The van der Waals surface area contributed by atoms with Gasteiger partial charge in [-0.05, 0) is 19.4 Å². The van der Waals surface area contributed by atoms with E-state index in [1.807, 2.05) is 48.5 Å². The summed E-state index contributed by atoms with van der Waals surface area (Å²) in [5.41, 5.74) is 3.02. The molecule has 3 nitrogen and oxygen atoms in total. The Balaban J connectivity index is 2.38. The molecule has 0 amide bonds. The van der Waals surface area contributed by atoms with Crippen LogP contribution in [0.2, 0.25) is 0 Å². The topological polar surface area (TPSA) is 35.5 Å². The highest BCUT2D eigenvalue weighted by molar-refractivity contribution is 9.08. The van der Waals surface area contributed by atoms with Crippen molar-refractivity contribution in [2.24, 2.45) is 0 Å². The molecule has 0 fully saturated rings. The largest absolute Gasteiger partial charge is 0.478 e. The van der Waals surface area contributed by atoms with Gasteiger partial charge < -0.3 is 9.47 Å². The number of alkyl halides is 1. The van der Waals surface area contributed by atoms with Crippen LogP contribution in [0.15, 0.2) is 48.5 Å². The molecule has 0 saturated heterocycles. The number of halogens is 1. The van der Waals surface area contributed by atoms with Crippen LogP contribution in [0.1, 0.15) is 19.4 Å². The van der Waals surface area contributed by atoms with Crippen LogP contribution in [0.4, 0.5) is 0 Å². The zero-order valence-electron chi connectivity index (χ0n) is 12.7. The molecule has 0 bridgehead atoms. The molecule has 0 aliphatic rings. The standard InChI is InChI=1S/C18H19BrO3/c1-3-21-18(20)13(2)22-17-15(12-19)10-7-11-16(17)14-8-5-4-6-9-14/h4-11,13H,3,12H2,1-2H3/t13-/m1/s1. The number of rotatable bonds is 6. The van der Waals surface area contributed by atoms with E-state index >= 15 is 0 Å². The Labute approximate surface area is 139 Å². The molecule has 4 heteroatoms. The number of esters is 1. The fourth-order valence-corrected chi connectivity index (χ4v) is 2.60. The average molecular weight is 363 g/mol. The molecule has 0 saturated carbocycles. The van der Waals surface area contributed by atoms with Gasteiger partial charge in [-0.25, -0.2) is 4.79 Å². The molecule has 116 valence electrons. The minimum atomic E-state index is -0.650. The third-order valence-corrected chi connectivity index (χ3v) is 3.84. The molecule has 0 heterocycles. The molecule has 22 heavy (non-hydrogen) atoms. The van der Waals surface area contributed by atoms with Gasteiger partial charge >= 0.3 is 5.97 Å². The summed E-state index contributed by atoms with van der Waals surface area (Å²) >= 11 is 3.48. The second kappa shape index (κ2) is 7.99. The lowest BCUT2D eigenvalue weighted by atomic mass is 10.0. The van der Waals surface area contributed by atoms with Crippen LogP contribution in [-0.4, -0.2) is 18.7 Å². The molecule has 0 aliphatic carbocycles. The average Bonchev–Trinajstić information content (AvgIpc) is 2.56. The van der Waals surface area contributed by atoms with Gasteiger partial charge in [-0.1, -0.05) is 64.5 Å². The number of carbonyl (C=O) groups excluding carboxylic acids is 1. The fourth-order valence-electron chi connectivity index (χ4n) is 2.16. The van der Waals surface area contributed by atoms with E-state index in [0.29, 0.717) is 17.7 Å². The molecule has 0 aliphatic heterocycles. The van der Waals surface area contributed by atoms with Gasteiger partial charge in [-0.3, -0.25) is 0 Å². The molecule has 0 unspecified atom stereocenters. The first-order valence-electron chi connectivity index (χ1n) is 7.24. The molecular weight excluding hydrogens is 344 g/mol. The van der Waals surface area contributed by atoms with Gasteiger partial charge in [0.1, 0.15) is 5.75 Å². The summed E-state index contributed by atoms with van der Waals surface area (Å²) < 4.78 is 11.0. The van der Waals surface area contributed by atoms with Crippen molar-refractivity contribution in [3.8, 4) is 16.9 Å². The fraction of sp³-hybridized carbons (Fsp3) is 0.278. The van der Waals surface area contributed by atoms with Crippen molar-refractivity contribution >= 4 is 21.9 Å². The maximum atomic E-state index is 11.8. The van der Waals surface area contributed by atoms with Gasteiger partial charge in [-0.15, -0.1) is 0 Å². The Morgan fingerprint density at radius 1 is 1.14 bits per heavy atom. The summed E-state index contributed by atoms with van der Waals surface area (Å²) in [6, 6.07) is 15.9. The Hall–Kier alpha value is -1.81. The van der Waals surface area contributed by atoms with E-state index in [2.05, 4.69) is 15.9 Å². The monoisotopic (exact) mass is 362 g/mol. The Morgan fingerprint density at radius 2 is 1.86 bits per heavy atom. The predicted octanol–water partition coefficient (Wildman–Crippen LogP) is 4.58. The number of hydrogen-bond donors (Lipinski definition) is 0. The van der Waals surface area contributed by atoms with Crippen molar-refractivity contribution < 1.29 is 14.3 Å². The van der Waals surface area contributed by atoms with E-state index < -0.39 is 6.10 Å². The Kier molecular flexibility index (Phi) is 6.01. The lowest BCUT2D eigenvalue weighted by molar-refractivity contribution is -0.150. The SMILES string of the molecule is CCOC(=O)[C@@H](C)Oc1c(CBr)cccc1-c1ccccc1. The molecule has 0 aromatic heterocycles. The molecule has 0 spiro atoms. The first-order valence-corrected chi connectivity index (χ1v) is 8.36. The third kappa shape index (κ3) is 3.89. The van der Waals surface area contributed by atoms with Gasteiger partial charge in [0.05, 0.1) is 6.61 Å². The van der Waals surface area contributed by atoms with Crippen molar-refractivity contribution in [1.82, 2.24) is 0 Å². The summed E-state index contributed by atoms with van der Waals surface area (Å²) in [5, 5.41) is 0.651. The van der Waals surface area contributed by atoms with Crippen LogP contribution in [0.3, 0.4) is 0 Å². The van der Waals surface area contributed by atoms with Crippen LogP contribution >= 0.6 is 15.9 Å².